The van der Waals surface area contributed by atoms with Gasteiger partial charge in [0.25, 0.3) is 5.69 Å². The van der Waals surface area contributed by atoms with Crippen LogP contribution in [0.25, 0.3) is 11.3 Å². The van der Waals surface area contributed by atoms with E-state index in [9.17, 15) is 19.3 Å². The van der Waals surface area contributed by atoms with Crippen molar-refractivity contribution in [2.24, 2.45) is 0 Å². The van der Waals surface area contributed by atoms with Crippen LogP contribution in [0, 0.1) is 22.9 Å². The van der Waals surface area contributed by atoms with E-state index in [2.05, 4.69) is 10.3 Å². The lowest BCUT2D eigenvalue weighted by Crippen LogP contribution is -2.14. The Morgan fingerprint density at radius 3 is 2.46 bits per heavy atom. The van der Waals surface area contributed by atoms with Crippen LogP contribution < -0.4 is 5.32 Å². The molecule has 0 saturated heterocycles. The van der Waals surface area contributed by atoms with Gasteiger partial charge in [-0.15, -0.1) is 11.3 Å². The van der Waals surface area contributed by atoms with E-state index in [0.29, 0.717) is 16.4 Å². The smallest absolute Gasteiger partial charge is 0.269 e. The lowest BCUT2D eigenvalue weighted by atomic mass is 10.1. The molecule has 0 aliphatic carbocycles. The molecule has 1 aromatic heterocycles. The van der Waals surface area contributed by atoms with Crippen LogP contribution in [-0.4, -0.2) is 15.8 Å². The van der Waals surface area contributed by atoms with Crippen molar-refractivity contribution in [2.75, 3.05) is 5.32 Å². The monoisotopic (exact) mass is 371 g/mol. The third-order valence-electron chi connectivity index (χ3n) is 3.67. The summed E-state index contributed by atoms with van der Waals surface area (Å²) < 4.78 is 13.0. The Labute approximate surface area is 152 Å². The number of hydrogen-bond acceptors (Lipinski definition) is 5. The zero-order valence-corrected chi connectivity index (χ0v) is 14.5. The van der Waals surface area contributed by atoms with E-state index < -0.39 is 4.92 Å². The molecule has 0 atom stereocenters. The number of rotatable bonds is 5. The highest BCUT2D eigenvalue weighted by Crippen LogP contribution is 2.30. The van der Waals surface area contributed by atoms with E-state index in [-0.39, 0.29) is 23.8 Å². The zero-order valence-electron chi connectivity index (χ0n) is 13.7. The first-order chi connectivity index (χ1) is 12.4. The number of nitro groups is 1. The maximum Gasteiger partial charge on any atom is 0.269 e. The van der Waals surface area contributed by atoms with Gasteiger partial charge in [0.1, 0.15) is 5.82 Å². The average molecular weight is 371 g/mol. The third kappa shape index (κ3) is 4.09. The van der Waals surface area contributed by atoms with Gasteiger partial charge in [0.15, 0.2) is 5.13 Å². The highest BCUT2D eigenvalue weighted by atomic mass is 32.1. The van der Waals surface area contributed by atoms with E-state index in [0.717, 1.165) is 10.4 Å². The average Bonchev–Trinajstić information content (AvgIpc) is 2.96. The largest absolute Gasteiger partial charge is 0.302 e. The highest BCUT2D eigenvalue weighted by Gasteiger charge is 2.13. The molecule has 6 nitrogen and oxygen atoms in total. The Hall–Kier alpha value is -3.13. The number of hydrogen-bond donors (Lipinski definition) is 1. The molecule has 0 unspecified atom stereocenters. The summed E-state index contributed by atoms with van der Waals surface area (Å²) in [6, 6.07) is 11.8. The number of nitrogens with one attached hydrogen (secondary N) is 1. The number of carbonyl (C=O) groups is 1. The number of carbonyl (C=O) groups excluding carboxylic acids is 1. The molecule has 1 amide bonds. The first-order valence-corrected chi connectivity index (χ1v) is 8.50. The SMILES string of the molecule is Cc1sc(NC(=O)Cc2ccc([N+](=O)[O-])cc2)nc1-c1ccc(F)cc1. The zero-order chi connectivity index (χ0) is 18.7. The highest BCUT2D eigenvalue weighted by molar-refractivity contribution is 7.16. The van der Waals surface area contributed by atoms with Gasteiger partial charge in [-0.25, -0.2) is 9.37 Å². The molecular formula is C18H14FN3O3S. The molecule has 3 rings (SSSR count). The fraction of sp³-hybridized carbons (Fsp3) is 0.111. The van der Waals surface area contributed by atoms with Crippen LogP contribution in [0.2, 0.25) is 0 Å². The van der Waals surface area contributed by atoms with Crippen molar-refractivity contribution in [3.63, 3.8) is 0 Å². The first kappa shape index (κ1) is 17.7. The molecule has 0 aliphatic rings. The first-order valence-electron chi connectivity index (χ1n) is 7.69. The minimum Gasteiger partial charge on any atom is -0.302 e. The molecule has 0 fully saturated rings. The number of nitro benzene ring substituents is 1. The number of aryl methyl sites for hydroxylation is 1. The molecule has 0 radical (unpaired) electrons. The minimum atomic E-state index is -0.487. The summed E-state index contributed by atoms with van der Waals surface area (Å²) in [5.41, 5.74) is 2.12. The predicted octanol–water partition coefficient (Wildman–Crippen LogP) is 4.35. The van der Waals surface area contributed by atoms with Gasteiger partial charge >= 0.3 is 0 Å². The number of non-ortho nitro benzene ring substituents is 1. The maximum atomic E-state index is 13.0. The minimum absolute atomic E-state index is 0.0198. The van der Waals surface area contributed by atoms with Crippen molar-refractivity contribution in [1.29, 1.82) is 0 Å². The van der Waals surface area contributed by atoms with Gasteiger partial charge in [-0.1, -0.05) is 12.1 Å². The van der Waals surface area contributed by atoms with Crippen molar-refractivity contribution in [3.05, 3.63) is 74.9 Å². The fourth-order valence-electron chi connectivity index (χ4n) is 2.41. The van der Waals surface area contributed by atoms with E-state index in [1.165, 1.54) is 35.6 Å². The number of halogens is 1. The molecule has 1 N–H and O–H groups in total. The lowest BCUT2D eigenvalue weighted by Gasteiger charge is -2.02. The fourth-order valence-corrected chi connectivity index (χ4v) is 3.26. The van der Waals surface area contributed by atoms with E-state index in [4.69, 9.17) is 0 Å². The molecule has 2 aromatic carbocycles. The Balaban J connectivity index is 1.69. The van der Waals surface area contributed by atoms with Gasteiger partial charge in [-0.05, 0) is 36.8 Å². The van der Waals surface area contributed by atoms with Crippen LogP contribution in [0.4, 0.5) is 15.2 Å². The van der Waals surface area contributed by atoms with E-state index >= 15 is 0 Å². The van der Waals surface area contributed by atoms with Crippen LogP contribution >= 0.6 is 11.3 Å². The molecule has 3 aromatic rings. The number of anilines is 1. The third-order valence-corrected chi connectivity index (χ3v) is 4.56. The summed E-state index contributed by atoms with van der Waals surface area (Å²) in [5, 5.41) is 13.8. The molecule has 0 saturated carbocycles. The van der Waals surface area contributed by atoms with Gasteiger partial charge in [0.2, 0.25) is 5.91 Å². The molecule has 0 bridgehead atoms. The second-order valence-corrected chi connectivity index (χ2v) is 6.78. The van der Waals surface area contributed by atoms with Crippen molar-refractivity contribution in [1.82, 2.24) is 4.98 Å². The van der Waals surface area contributed by atoms with Crippen molar-refractivity contribution in [2.45, 2.75) is 13.3 Å². The lowest BCUT2D eigenvalue weighted by molar-refractivity contribution is -0.384. The summed E-state index contributed by atoms with van der Waals surface area (Å²) in [4.78, 5) is 27.6. The Morgan fingerprint density at radius 2 is 1.85 bits per heavy atom. The van der Waals surface area contributed by atoms with Gasteiger partial charge < -0.3 is 5.32 Å². The Morgan fingerprint density at radius 1 is 1.19 bits per heavy atom. The number of thiazole rings is 1. The van der Waals surface area contributed by atoms with Crippen LogP contribution in [0.1, 0.15) is 10.4 Å². The van der Waals surface area contributed by atoms with E-state index in [1.807, 2.05) is 6.92 Å². The number of aromatic nitrogens is 1. The molecular weight excluding hydrogens is 357 g/mol. The molecule has 132 valence electrons. The normalized spacial score (nSPS) is 10.5. The van der Waals surface area contributed by atoms with Crippen LogP contribution in [-0.2, 0) is 11.2 Å². The van der Waals surface area contributed by atoms with Crippen molar-refractivity contribution >= 4 is 28.1 Å². The topological polar surface area (TPSA) is 85.1 Å². The maximum absolute atomic E-state index is 13.0. The van der Waals surface area contributed by atoms with Gasteiger partial charge in [-0.3, -0.25) is 14.9 Å². The molecule has 26 heavy (non-hydrogen) atoms. The van der Waals surface area contributed by atoms with Crippen LogP contribution in [0.5, 0.6) is 0 Å². The molecule has 0 aliphatic heterocycles. The molecule has 8 heteroatoms. The van der Waals surface area contributed by atoms with Gasteiger partial charge in [0.05, 0.1) is 17.0 Å². The van der Waals surface area contributed by atoms with Crippen molar-refractivity contribution < 1.29 is 14.1 Å². The van der Waals surface area contributed by atoms with Crippen LogP contribution in [0.3, 0.4) is 0 Å². The Kier molecular flexibility index (Phi) is 5.04. The summed E-state index contributed by atoms with van der Waals surface area (Å²) >= 11 is 1.33. The number of nitrogens with zero attached hydrogens (tertiary/aromatic N) is 2. The Bertz CT molecular complexity index is 953. The van der Waals surface area contributed by atoms with E-state index in [1.54, 1.807) is 24.3 Å². The molecule has 0 spiro atoms. The summed E-state index contributed by atoms with van der Waals surface area (Å²) in [6.07, 6.45) is 0.0858. The molecule has 1 heterocycles. The van der Waals surface area contributed by atoms with Gasteiger partial charge in [0, 0.05) is 22.6 Å². The summed E-state index contributed by atoms with van der Waals surface area (Å²) in [5.74, 6) is -0.587. The quantitative estimate of drug-likeness (QED) is 0.534. The second-order valence-electron chi connectivity index (χ2n) is 5.58. The predicted molar refractivity (Wildman–Crippen MR) is 97.7 cm³/mol. The van der Waals surface area contributed by atoms with Gasteiger partial charge in [-0.2, -0.15) is 0 Å². The summed E-state index contributed by atoms with van der Waals surface area (Å²) in [6.45, 7) is 1.88. The number of benzene rings is 2. The summed E-state index contributed by atoms with van der Waals surface area (Å²) in [7, 11) is 0. The second kappa shape index (κ2) is 7.40. The standard InChI is InChI=1S/C18H14FN3O3S/c1-11-17(13-4-6-14(19)7-5-13)21-18(26-11)20-16(23)10-12-2-8-15(9-3-12)22(24)25/h2-9H,10H2,1H3,(H,20,21,23). The van der Waals surface area contributed by atoms with Crippen LogP contribution in [0.15, 0.2) is 48.5 Å². The number of amides is 1. The van der Waals surface area contributed by atoms with Crippen molar-refractivity contribution in [3.8, 4) is 11.3 Å².